The summed E-state index contributed by atoms with van der Waals surface area (Å²) < 4.78 is 19.3. The third kappa shape index (κ3) is 12.6. The summed E-state index contributed by atoms with van der Waals surface area (Å²) in [6, 6.07) is 0. The molecular weight excluding hydrogens is 190 g/mol. The average molecular weight is 194 g/mol. The number of hydrogen-bond acceptors (Lipinski definition) is 4. The average Bonchev–Trinajstić information content (AvgIpc) is 1.61. The van der Waals surface area contributed by atoms with Crippen molar-refractivity contribution >= 4 is 53.8 Å². The summed E-state index contributed by atoms with van der Waals surface area (Å²) in [5, 5.41) is 0. The first-order valence-corrected chi connectivity index (χ1v) is 4.59. The molecule has 2 atom stereocenters. The molecule has 0 amide bonds. The molecule has 0 rings (SSSR count). The van der Waals surface area contributed by atoms with Gasteiger partial charge in [-0.3, -0.25) is 0 Å². The van der Waals surface area contributed by atoms with Gasteiger partial charge in [-0.25, -0.2) is 0 Å². The smallest absolute Gasteiger partial charge is 0.595 e. The van der Waals surface area contributed by atoms with Gasteiger partial charge in [0, 0.05) is 0 Å². The van der Waals surface area contributed by atoms with Gasteiger partial charge in [-0.05, 0) is 0 Å². The summed E-state index contributed by atoms with van der Waals surface area (Å²) in [6.07, 6.45) is -0.512. The molecule has 0 aliphatic carbocycles. The standard InChI is InChI=1S/C2H4O4P2.Ca/c3-7(4)1-2-8(5)6;/h1-2H2;/q;+2. The molecule has 0 saturated heterocycles. The van der Waals surface area contributed by atoms with Gasteiger partial charge in [-0.1, -0.05) is 9.13 Å². The Kier molecular flexibility index (Phi) is 10.8. The van der Waals surface area contributed by atoms with Crippen molar-refractivity contribution < 1.29 is 18.9 Å². The van der Waals surface area contributed by atoms with Crippen LogP contribution >= 0.6 is 16.1 Å². The fourth-order valence-electron chi connectivity index (χ4n) is 0.163. The fraction of sp³-hybridized carbons (Fsp3) is 1.00. The van der Waals surface area contributed by atoms with Crippen LogP contribution in [0.15, 0.2) is 0 Å². The Balaban J connectivity index is 0. The summed E-state index contributed by atoms with van der Waals surface area (Å²) in [7, 11) is -5.03. The van der Waals surface area contributed by atoms with Crippen LogP contribution in [0, 0.1) is 0 Å². The topological polar surface area (TPSA) is 80.3 Å². The molecule has 0 bridgehead atoms. The zero-order valence-corrected chi connectivity index (χ0v) is 8.65. The monoisotopic (exact) mass is 194 g/mol. The Bertz CT molecular complexity index is 101. The van der Waals surface area contributed by atoms with Gasteiger partial charge in [0.05, 0.1) is 0 Å². The Morgan fingerprint density at radius 3 is 1.33 bits per heavy atom. The molecule has 0 aromatic heterocycles. The summed E-state index contributed by atoms with van der Waals surface area (Å²) in [5.74, 6) is 0. The molecule has 0 aromatic carbocycles. The van der Waals surface area contributed by atoms with E-state index in [0.29, 0.717) is 0 Å². The second-order valence-electron chi connectivity index (χ2n) is 1.11. The van der Waals surface area contributed by atoms with E-state index < -0.39 is 16.1 Å². The molecule has 0 spiro atoms. The molecule has 9 heavy (non-hydrogen) atoms. The second kappa shape index (κ2) is 7.49. The zero-order valence-electron chi connectivity index (χ0n) is 4.65. The molecule has 0 saturated carbocycles. The first-order valence-electron chi connectivity index (χ1n) is 1.86. The van der Waals surface area contributed by atoms with E-state index in [4.69, 9.17) is 0 Å². The Morgan fingerprint density at radius 2 is 1.22 bits per heavy atom. The number of hydrogen-bond donors (Lipinski definition) is 0. The van der Waals surface area contributed by atoms with Gasteiger partial charge in [-0.15, -0.1) is 0 Å². The van der Waals surface area contributed by atoms with E-state index in [9.17, 15) is 18.9 Å². The van der Waals surface area contributed by atoms with Gasteiger partial charge in [0.15, 0.2) is 12.3 Å². The van der Waals surface area contributed by atoms with Crippen LogP contribution in [-0.2, 0) is 9.13 Å². The predicted octanol–water partition coefficient (Wildman–Crippen LogP) is -1.19. The first kappa shape index (κ1) is 13.0. The predicted molar refractivity (Wildman–Crippen MR) is 30.7 cm³/mol. The quantitative estimate of drug-likeness (QED) is 0.418. The van der Waals surface area contributed by atoms with E-state index in [2.05, 4.69) is 0 Å². The molecule has 46 valence electrons. The van der Waals surface area contributed by atoms with Crippen molar-refractivity contribution in [2.24, 2.45) is 0 Å². The van der Waals surface area contributed by atoms with Crippen LogP contribution in [-0.4, -0.2) is 50.1 Å². The minimum Gasteiger partial charge on any atom is -0.595 e. The van der Waals surface area contributed by atoms with Gasteiger partial charge in [0.2, 0.25) is 0 Å². The van der Waals surface area contributed by atoms with Crippen LogP contribution in [0.3, 0.4) is 0 Å². The van der Waals surface area contributed by atoms with Crippen molar-refractivity contribution in [2.45, 2.75) is 0 Å². The van der Waals surface area contributed by atoms with Gasteiger partial charge in [-0.2, -0.15) is 0 Å². The molecule has 2 unspecified atom stereocenters. The minimum absolute atomic E-state index is 0. The second-order valence-corrected chi connectivity index (χ2v) is 3.34. The zero-order chi connectivity index (χ0) is 6.57. The van der Waals surface area contributed by atoms with Gasteiger partial charge in [0.25, 0.3) is 0 Å². The maximum absolute atomic E-state index is 9.67. The molecule has 0 radical (unpaired) electrons. The molecule has 0 aliphatic rings. The van der Waals surface area contributed by atoms with Crippen molar-refractivity contribution in [2.75, 3.05) is 12.3 Å². The molecule has 7 heteroatoms. The Morgan fingerprint density at radius 1 is 1.00 bits per heavy atom. The van der Waals surface area contributed by atoms with Crippen LogP contribution in [0.2, 0.25) is 0 Å². The van der Waals surface area contributed by atoms with Crippen molar-refractivity contribution in [3.63, 3.8) is 0 Å². The van der Waals surface area contributed by atoms with E-state index in [-0.39, 0.29) is 50.1 Å². The minimum atomic E-state index is -2.52. The third-order valence-corrected chi connectivity index (χ3v) is 2.00. The van der Waals surface area contributed by atoms with Crippen molar-refractivity contribution in [3.8, 4) is 0 Å². The van der Waals surface area contributed by atoms with E-state index >= 15 is 0 Å². The molecule has 0 heterocycles. The largest absolute Gasteiger partial charge is 2.00 e. The Hall–Kier alpha value is 1.38. The van der Waals surface area contributed by atoms with Crippen molar-refractivity contribution in [1.82, 2.24) is 0 Å². The molecule has 4 nitrogen and oxygen atoms in total. The van der Waals surface area contributed by atoms with Crippen LogP contribution in [0.5, 0.6) is 0 Å². The number of rotatable bonds is 3. The van der Waals surface area contributed by atoms with E-state index in [1.165, 1.54) is 0 Å². The van der Waals surface area contributed by atoms with E-state index in [1.54, 1.807) is 0 Å². The van der Waals surface area contributed by atoms with Crippen molar-refractivity contribution in [3.05, 3.63) is 0 Å². The third-order valence-electron chi connectivity index (χ3n) is 0.465. The maximum atomic E-state index is 9.67. The summed E-state index contributed by atoms with van der Waals surface area (Å²) in [4.78, 5) is 19.3. The van der Waals surface area contributed by atoms with Crippen molar-refractivity contribution in [1.29, 1.82) is 0 Å². The first-order chi connectivity index (χ1) is 3.63. The summed E-state index contributed by atoms with van der Waals surface area (Å²) >= 11 is 0. The maximum Gasteiger partial charge on any atom is 2.00 e. The van der Waals surface area contributed by atoms with E-state index in [1.807, 2.05) is 0 Å². The fourth-order valence-corrected chi connectivity index (χ4v) is 1.47. The molecular formula is C2H4CaO4P2+2. The van der Waals surface area contributed by atoms with Crippen LogP contribution in [0.1, 0.15) is 0 Å². The molecule has 0 aromatic rings. The SMILES string of the molecule is O=[P+]([O-])CC[P+](=O)[O-].[Ca+2]. The van der Waals surface area contributed by atoms with Crippen LogP contribution < -0.4 is 9.79 Å². The van der Waals surface area contributed by atoms with E-state index in [0.717, 1.165) is 0 Å². The summed E-state index contributed by atoms with van der Waals surface area (Å²) in [5.41, 5.74) is 0. The van der Waals surface area contributed by atoms with Crippen LogP contribution in [0.4, 0.5) is 0 Å². The van der Waals surface area contributed by atoms with Gasteiger partial charge >= 0.3 is 53.8 Å². The summed E-state index contributed by atoms with van der Waals surface area (Å²) in [6.45, 7) is 0. The normalized spacial score (nSPS) is 11.8. The van der Waals surface area contributed by atoms with Crippen LogP contribution in [0.25, 0.3) is 0 Å². The molecule has 0 fully saturated rings. The molecule has 0 aliphatic heterocycles. The molecule has 0 N–H and O–H groups in total. The van der Waals surface area contributed by atoms with Gasteiger partial charge in [0.1, 0.15) is 0 Å². The Labute approximate surface area is 84.4 Å². The van der Waals surface area contributed by atoms with Gasteiger partial charge < -0.3 is 9.79 Å².